The van der Waals surface area contributed by atoms with Gasteiger partial charge >= 0.3 is 6.18 Å². The van der Waals surface area contributed by atoms with Crippen LogP contribution in [0.1, 0.15) is 11.1 Å². The fourth-order valence-electron chi connectivity index (χ4n) is 2.10. The molecule has 2 rings (SSSR count). The Morgan fingerprint density at radius 3 is 2.54 bits per heavy atom. The summed E-state index contributed by atoms with van der Waals surface area (Å²) in [6.45, 7) is 3.90. The van der Waals surface area contributed by atoms with Crippen molar-refractivity contribution >= 4 is 17.7 Å². The molecule has 8 heteroatoms. The van der Waals surface area contributed by atoms with Crippen LogP contribution in [0.25, 0.3) is 0 Å². The number of amides is 1. The second kappa shape index (κ2) is 8.84. The third kappa shape index (κ3) is 5.59. The molecule has 0 spiro atoms. The van der Waals surface area contributed by atoms with Crippen molar-refractivity contribution < 1.29 is 22.4 Å². The SMILES string of the molecule is C=CCN(Cc1ccccc1F)C(=O)CSc1ccc(C(F)(F)F)cn1. The van der Waals surface area contributed by atoms with Crippen molar-refractivity contribution in [1.82, 2.24) is 9.88 Å². The summed E-state index contributed by atoms with van der Waals surface area (Å²) in [6, 6.07) is 8.27. The molecular formula is C18H16F4N2OS. The molecule has 26 heavy (non-hydrogen) atoms. The van der Waals surface area contributed by atoms with Crippen molar-refractivity contribution in [3.05, 3.63) is 72.2 Å². The first-order valence-corrected chi connectivity index (χ1v) is 8.58. The number of carbonyl (C=O) groups excluding carboxylic acids is 1. The van der Waals surface area contributed by atoms with Gasteiger partial charge in [0.2, 0.25) is 5.91 Å². The van der Waals surface area contributed by atoms with E-state index in [0.29, 0.717) is 10.6 Å². The molecule has 1 heterocycles. The molecule has 1 aromatic carbocycles. The van der Waals surface area contributed by atoms with Gasteiger partial charge in [-0.05, 0) is 18.2 Å². The van der Waals surface area contributed by atoms with Gasteiger partial charge in [-0.2, -0.15) is 13.2 Å². The Balaban J connectivity index is 1.99. The number of halogens is 4. The predicted molar refractivity (Wildman–Crippen MR) is 92.0 cm³/mol. The Kier molecular flexibility index (Phi) is 6.79. The largest absolute Gasteiger partial charge is 0.417 e. The molecular weight excluding hydrogens is 368 g/mol. The molecule has 0 saturated carbocycles. The molecule has 138 valence electrons. The fraction of sp³-hybridized carbons (Fsp3) is 0.222. The minimum absolute atomic E-state index is 0.0271. The lowest BCUT2D eigenvalue weighted by Crippen LogP contribution is -2.32. The van der Waals surface area contributed by atoms with Gasteiger partial charge in [-0.25, -0.2) is 9.37 Å². The van der Waals surface area contributed by atoms with E-state index in [1.807, 2.05) is 0 Å². The number of aromatic nitrogens is 1. The van der Waals surface area contributed by atoms with Crippen LogP contribution >= 0.6 is 11.8 Å². The van der Waals surface area contributed by atoms with Crippen molar-refractivity contribution in [3.8, 4) is 0 Å². The molecule has 0 N–H and O–H groups in total. The van der Waals surface area contributed by atoms with Crippen LogP contribution in [0.15, 0.2) is 60.3 Å². The number of hydrogen-bond acceptors (Lipinski definition) is 3. The average Bonchev–Trinajstić information content (AvgIpc) is 2.60. The highest BCUT2D eigenvalue weighted by Gasteiger charge is 2.30. The lowest BCUT2D eigenvalue weighted by atomic mass is 10.2. The third-order valence-corrected chi connectivity index (χ3v) is 4.36. The van der Waals surface area contributed by atoms with Crippen molar-refractivity contribution in [2.24, 2.45) is 0 Å². The Labute approximate surface area is 152 Å². The van der Waals surface area contributed by atoms with Gasteiger partial charge < -0.3 is 4.90 Å². The van der Waals surface area contributed by atoms with Gasteiger partial charge in [0.05, 0.1) is 16.3 Å². The number of pyridine rings is 1. The summed E-state index contributed by atoms with van der Waals surface area (Å²) in [5, 5.41) is 0.302. The molecule has 0 atom stereocenters. The van der Waals surface area contributed by atoms with E-state index >= 15 is 0 Å². The summed E-state index contributed by atoms with van der Waals surface area (Å²) in [5.74, 6) is -0.730. The molecule has 3 nitrogen and oxygen atoms in total. The molecule has 0 bridgehead atoms. The Hall–Kier alpha value is -2.35. The molecule has 1 amide bonds. The monoisotopic (exact) mass is 384 g/mol. The summed E-state index contributed by atoms with van der Waals surface area (Å²) < 4.78 is 51.3. The van der Waals surface area contributed by atoms with Crippen molar-refractivity contribution in [2.75, 3.05) is 12.3 Å². The molecule has 1 aromatic heterocycles. The minimum Gasteiger partial charge on any atom is -0.334 e. The summed E-state index contributed by atoms with van der Waals surface area (Å²) >= 11 is 1.02. The molecule has 0 fully saturated rings. The molecule has 0 saturated heterocycles. The van der Waals surface area contributed by atoms with Crippen LogP contribution in [0, 0.1) is 5.82 Å². The summed E-state index contributed by atoms with van der Waals surface area (Å²) in [4.78, 5) is 17.5. The average molecular weight is 384 g/mol. The fourth-order valence-corrected chi connectivity index (χ4v) is 2.85. The number of hydrogen-bond donors (Lipinski definition) is 0. The Bertz CT molecular complexity index is 763. The topological polar surface area (TPSA) is 33.2 Å². The van der Waals surface area contributed by atoms with Crippen LogP contribution in [0.4, 0.5) is 17.6 Å². The summed E-state index contributed by atoms with van der Waals surface area (Å²) in [7, 11) is 0. The smallest absolute Gasteiger partial charge is 0.334 e. The number of alkyl halides is 3. The van der Waals surface area contributed by atoms with Crippen LogP contribution in [0.5, 0.6) is 0 Å². The number of thioether (sulfide) groups is 1. The highest BCUT2D eigenvalue weighted by Crippen LogP contribution is 2.29. The van der Waals surface area contributed by atoms with Gasteiger partial charge in [0.15, 0.2) is 0 Å². The number of nitrogens with zero attached hydrogens (tertiary/aromatic N) is 2. The maximum absolute atomic E-state index is 13.8. The zero-order valence-electron chi connectivity index (χ0n) is 13.7. The van der Waals surface area contributed by atoms with Gasteiger partial charge in [0.1, 0.15) is 5.82 Å². The number of rotatable bonds is 7. The number of benzene rings is 1. The van der Waals surface area contributed by atoms with E-state index in [-0.39, 0.29) is 24.7 Å². The molecule has 0 aliphatic heterocycles. The Morgan fingerprint density at radius 1 is 1.23 bits per heavy atom. The highest BCUT2D eigenvalue weighted by molar-refractivity contribution is 7.99. The van der Waals surface area contributed by atoms with E-state index in [2.05, 4.69) is 11.6 Å². The van der Waals surface area contributed by atoms with E-state index in [1.54, 1.807) is 18.2 Å². The van der Waals surface area contributed by atoms with E-state index in [1.165, 1.54) is 23.1 Å². The third-order valence-electron chi connectivity index (χ3n) is 3.43. The Morgan fingerprint density at radius 2 is 1.96 bits per heavy atom. The quantitative estimate of drug-likeness (QED) is 0.399. The van der Waals surface area contributed by atoms with Crippen molar-refractivity contribution in [2.45, 2.75) is 17.7 Å². The second-order valence-corrected chi connectivity index (χ2v) is 6.32. The van der Waals surface area contributed by atoms with E-state index in [9.17, 15) is 22.4 Å². The zero-order valence-corrected chi connectivity index (χ0v) is 14.5. The van der Waals surface area contributed by atoms with Gasteiger partial charge in [-0.15, -0.1) is 6.58 Å². The summed E-state index contributed by atoms with van der Waals surface area (Å²) in [5.41, 5.74) is -0.471. The normalized spacial score (nSPS) is 11.2. The van der Waals surface area contributed by atoms with Crippen LogP contribution in [-0.4, -0.2) is 28.1 Å². The van der Waals surface area contributed by atoms with Crippen LogP contribution in [0.2, 0.25) is 0 Å². The maximum atomic E-state index is 13.8. The second-order valence-electron chi connectivity index (χ2n) is 5.33. The van der Waals surface area contributed by atoms with Crippen LogP contribution in [0.3, 0.4) is 0 Å². The predicted octanol–water partition coefficient (Wildman–Crippen LogP) is 4.55. The molecule has 0 unspecified atom stereocenters. The molecule has 0 aliphatic carbocycles. The first-order valence-electron chi connectivity index (χ1n) is 7.59. The molecule has 0 radical (unpaired) electrons. The zero-order chi connectivity index (χ0) is 19.2. The van der Waals surface area contributed by atoms with Gasteiger partial charge in [-0.3, -0.25) is 4.79 Å². The van der Waals surface area contributed by atoms with Crippen LogP contribution < -0.4 is 0 Å². The lowest BCUT2D eigenvalue weighted by molar-refractivity contribution is -0.138. The molecule has 2 aromatic rings. The standard InChI is InChI=1S/C18H16F4N2OS/c1-2-9-24(11-13-5-3-4-6-15(13)19)17(25)12-26-16-8-7-14(10-23-16)18(20,21)22/h2-8,10H,1,9,11-12H2. The maximum Gasteiger partial charge on any atom is 0.417 e. The first-order chi connectivity index (χ1) is 12.3. The highest BCUT2D eigenvalue weighted by atomic mass is 32.2. The minimum atomic E-state index is -4.45. The van der Waals surface area contributed by atoms with Gasteiger partial charge in [0, 0.05) is 24.8 Å². The van der Waals surface area contributed by atoms with Crippen LogP contribution in [-0.2, 0) is 17.5 Å². The summed E-state index contributed by atoms with van der Waals surface area (Å²) in [6.07, 6.45) is -2.19. The van der Waals surface area contributed by atoms with E-state index in [0.717, 1.165) is 24.0 Å². The first kappa shape index (κ1) is 20.0. The number of carbonyl (C=O) groups is 1. The van der Waals surface area contributed by atoms with E-state index in [4.69, 9.17) is 0 Å². The lowest BCUT2D eigenvalue weighted by Gasteiger charge is -2.21. The van der Waals surface area contributed by atoms with Crippen molar-refractivity contribution in [3.63, 3.8) is 0 Å². The molecule has 0 aliphatic rings. The van der Waals surface area contributed by atoms with Gasteiger partial charge in [0.25, 0.3) is 0 Å². The van der Waals surface area contributed by atoms with E-state index < -0.39 is 17.6 Å². The van der Waals surface area contributed by atoms with Crippen molar-refractivity contribution in [1.29, 1.82) is 0 Å². The van der Waals surface area contributed by atoms with Gasteiger partial charge in [-0.1, -0.05) is 36.0 Å².